The second-order valence-electron chi connectivity index (χ2n) is 7.26. The van der Waals surface area contributed by atoms with Crippen LogP contribution in [-0.4, -0.2) is 60.5 Å². The van der Waals surface area contributed by atoms with Crippen LogP contribution in [0, 0.1) is 12.8 Å². The maximum absolute atomic E-state index is 12.4. The zero-order valence-electron chi connectivity index (χ0n) is 15.8. The predicted octanol–water partition coefficient (Wildman–Crippen LogP) is 2.40. The summed E-state index contributed by atoms with van der Waals surface area (Å²) in [6.07, 6.45) is 3.30. The third kappa shape index (κ3) is 5.21. The third-order valence-electron chi connectivity index (χ3n) is 5.16. The van der Waals surface area contributed by atoms with Crippen molar-refractivity contribution in [1.29, 1.82) is 0 Å². The lowest BCUT2D eigenvalue weighted by atomic mass is 9.97. The second kappa shape index (κ2) is 8.88. The molecule has 2 aliphatic rings. The predicted molar refractivity (Wildman–Crippen MR) is 101 cm³/mol. The summed E-state index contributed by atoms with van der Waals surface area (Å²) in [5.41, 5.74) is 1.78. The smallest absolute Gasteiger partial charge is 0.319 e. The minimum Gasteiger partial charge on any atom is -0.455 e. The van der Waals surface area contributed by atoms with E-state index in [0.717, 1.165) is 31.5 Å². The molecule has 3 amide bonds. The van der Waals surface area contributed by atoms with Gasteiger partial charge in [-0.25, -0.2) is 4.79 Å². The average molecular weight is 373 g/mol. The number of piperidine rings is 1. The number of amides is 3. The molecular formula is C20H27N3O4. The molecule has 2 heterocycles. The number of rotatable bonds is 4. The molecular weight excluding hydrogens is 346 g/mol. The third-order valence-corrected chi connectivity index (χ3v) is 5.16. The van der Waals surface area contributed by atoms with E-state index >= 15 is 0 Å². The number of carbonyl (C=O) groups is 3. The summed E-state index contributed by atoms with van der Waals surface area (Å²) >= 11 is 0. The first-order valence-electron chi connectivity index (χ1n) is 9.60. The molecule has 0 aromatic heterocycles. The molecule has 0 aliphatic carbocycles. The summed E-state index contributed by atoms with van der Waals surface area (Å²) in [6, 6.07) is 7.50. The van der Waals surface area contributed by atoms with Crippen molar-refractivity contribution in [3.05, 3.63) is 29.8 Å². The van der Waals surface area contributed by atoms with Crippen molar-refractivity contribution in [3.8, 4) is 0 Å². The van der Waals surface area contributed by atoms with E-state index < -0.39 is 0 Å². The quantitative estimate of drug-likeness (QED) is 0.822. The molecule has 0 saturated carbocycles. The summed E-state index contributed by atoms with van der Waals surface area (Å²) in [6.45, 7) is 4.46. The molecule has 2 aliphatic heterocycles. The molecule has 0 radical (unpaired) electrons. The first kappa shape index (κ1) is 19.2. The molecule has 0 atom stereocenters. The van der Waals surface area contributed by atoms with Crippen molar-refractivity contribution in [2.24, 2.45) is 5.92 Å². The Morgan fingerprint density at radius 2 is 1.59 bits per heavy atom. The number of likely N-dealkylation sites (tertiary alicyclic amines) is 2. The maximum atomic E-state index is 12.4. The van der Waals surface area contributed by atoms with E-state index in [4.69, 9.17) is 4.74 Å². The first-order chi connectivity index (χ1) is 13.0. The number of aryl methyl sites for hydroxylation is 1. The Morgan fingerprint density at radius 1 is 1.00 bits per heavy atom. The maximum Gasteiger partial charge on any atom is 0.319 e. The number of nitrogens with zero attached hydrogens (tertiary/aromatic N) is 2. The fourth-order valence-electron chi connectivity index (χ4n) is 3.50. The normalized spacial score (nSPS) is 17.7. The standard InChI is InChI=1S/C20H27N3O4/c1-15-4-6-17(7-5-15)21-18(24)14-27-19(25)16-8-12-23(13-9-16)20(26)22-10-2-3-11-22/h4-7,16H,2-3,8-14H2,1H3,(H,21,24). The van der Waals surface area contributed by atoms with Crippen molar-refractivity contribution in [2.75, 3.05) is 38.1 Å². The number of urea groups is 1. The van der Waals surface area contributed by atoms with Gasteiger partial charge in [0, 0.05) is 31.9 Å². The lowest BCUT2D eigenvalue weighted by Gasteiger charge is -2.33. The number of anilines is 1. The number of ether oxygens (including phenoxy) is 1. The number of nitrogens with one attached hydrogen (secondary N) is 1. The first-order valence-corrected chi connectivity index (χ1v) is 9.60. The molecule has 7 nitrogen and oxygen atoms in total. The highest BCUT2D eigenvalue weighted by atomic mass is 16.5. The highest BCUT2D eigenvalue weighted by Crippen LogP contribution is 2.21. The van der Waals surface area contributed by atoms with Crippen LogP contribution in [0.2, 0.25) is 0 Å². The number of esters is 1. The van der Waals surface area contributed by atoms with Crippen LogP contribution in [0.15, 0.2) is 24.3 Å². The van der Waals surface area contributed by atoms with Crippen molar-refractivity contribution < 1.29 is 19.1 Å². The van der Waals surface area contributed by atoms with Gasteiger partial charge in [0.05, 0.1) is 5.92 Å². The van der Waals surface area contributed by atoms with Crippen LogP contribution in [0.1, 0.15) is 31.2 Å². The fraction of sp³-hybridized carbons (Fsp3) is 0.550. The van der Waals surface area contributed by atoms with Crippen LogP contribution in [0.3, 0.4) is 0 Å². The van der Waals surface area contributed by atoms with Gasteiger partial charge in [-0.15, -0.1) is 0 Å². The molecule has 27 heavy (non-hydrogen) atoms. The van der Waals surface area contributed by atoms with Gasteiger partial charge in [0.2, 0.25) is 0 Å². The van der Waals surface area contributed by atoms with E-state index in [1.54, 1.807) is 0 Å². The van der Waals surface area contributed by atoms with Gasteiger partial charge in [0.1, 0.15) is 0 Å². The number of hydrogen-bond donors (Lipinski definition) is 1. The van der Waals surface area contributed by atoms with Crippen LogP contribution in [0.4, 0.5) is 10.5 Å². The lowest BCUT2D eigenvalue weighted by Crippen LogP contribution is -2.46. The van der Waals surface area contributed by atoms with Gasteiger partial charge in [0.25, 0.3) is 5.91 Å². The second-order valence-corrected chi connectivity index (χ2v) is 7.26. The van der Waals surface area contributed by atoms with E-state index in [2.05, 4.69) is 5.32 Å². The molecule has 2 saturated heterocycles. The van der Waals surface area contributed by atoms with Gasteiger partial charge >= 0.3 is 12.0 Å². The van der Waals surface area contributed by atoms with Gasteiger partial charge in [-0.1, -0.05) is 17.7 Å². The zero-order chi connectivity index (χ0) is 19.2. The Kier molecular flexibility index (Phi) is 6.32. The van der Waals surface area contributed by atoms with Crippen molar-refractivity contribution in [2.45, 2.75) is 32.6 Å². The fourth-order valence-corrected chi connectivity index (χ4v) is 3.50. The molecule has 0 bridgehead atoms. The Morgan fingerprint density at radius 3 is 2.22 bits per heavy atom. The summed E-state index contributed by atoms with van der Waals surface area (Å²) < 4.78 is 5.17. The van der Waals surface area contributed by atoms with Gasteiger partial charge in [-0.05, 0) is 44.7 Å². The van der Waals surface area contributed by atoms with E-state index in [0.29, 0.717) is 31.6 Å². The number of benzene rings is 1. The minimum atomic E-state index is -0.359. The number of hydrogen-bond acceptors (Lipinski definition) is 4. The summed E-state index contributed by atoms with van der Waals surface area (Å²) in [7, 11) is 0. The van der Waals surface area contributed by atoms with Crippen LogP contribution in [-0.2, 0) is 14.3 Å². The summed E-state index contributed by atoms with van der Waals surface area (Å²) in [5, 5.41) is 2.71. The van der Waals surface area contributed by atoms with Crippen LogP contribution >= 0.6 is 0 Å². The molecule has 0 unspecified atom stereocenters. The number of carbonyl (C=O) groups excluding carboxylic acids is 3. The Labute approximate surface area is 159 Å². The van der Waals surface area contributed by atoms with E-state index in [1.807, 2.05) is 41.0 Å². The van der Waals surface area contributed by atoms with E-state index in [9.17, 15) is 14.4 Å². The largest absolute Gasteiger partial charge is 0.455 e. The monoisotopic (exact) mass is 373 g/mol. The van der Waals surface area contributed by atoms with Crippen molar-refractivity contribution >= 4 is 23.6 Å². The summed E-state index contributed by atoms with van der Waals surface area (Å²) in [5.74, 6) is -0.962. The van der Waals surface area contributed by atoms with Crippen LogP contribution in [0.5, 0.6) is 0 Å². The van der Waals surface area contributed by atoms with Crippen LogP contribution < -0.4 is 5.32 Å². The SMILES string of the molecule is Cc1ccc(NC(=O)COC(=O)C2CCN(C(=O)N3CCCC3)CC2)cc1. The van der Waals surface area contributed by atoms with E-state index in [1.165, 1.54) is 0 Å². The molecule has 7 heteroatoms. The zero-order valence-corrected chi connectivity index (χ0v) is 15.8. The highest BCUT2D eigenvalue weighted by molar-refractivity contribution is 5.92. The molecule has 146 valence electrons. The summed E-state index contributed by atoms with van der Waals surface area (Å²) in [4.78, 5) is 40.2. The average Bonchev–Trinajstić information content (AvgIpc) is 3.22. The van der Waals surface area contributed by atoms with Gasteiger partial charge < -0.3 is 19.9 Å². The lowest BCUT2D eigenvalue weighted by molar-refractivity contribution is -0.152. The molecule has 0 spiro atoms. The van der Waals surface area contributed by atoms with Gasteiger partial charge in [-0.3, -0.25) is 9.59 Å². The Balaban J connectivity index is 1.38. The van der Waals surface area contributed by atoms with E-state index in [-0.39, 0.29) is 30.4 Å². The van der Waals surface area contributed by atoms with Crippen molar-refractivity contribution in [3.63, 3.8) is 0 Å². The van der Waals surface area contributed by atoms with Crippen LogP contribution in [0.25, 0.3) is 0 Å². The Hall–Kier alpha value is -2.57. The minimum absolute atomic E-state index is 0.0804. The highest BCUT2D eigenvalue weighted by Gasteiger charge is 2.31. The molecule has 1 N–H and O–H groups in total. The Bertz CT molecular complexity index is 675. The topological polar surface area (TPSA) is 79.0 Å². The molecule has 1 aromatic carbocycles. The molecule has 2 fully saturated rings. The molecule has 1 aromatic rings. The molecule has 3 rings (SSSR count). The van der Waals surface area contributed by atoms with Gasteiger partial charge in [-0.2, -0.15) is 0 Å². The van der Waals surface area contributed by atoms with Gasteiger partial charge in [0.15, 0.2) is 6.61 Å². The van der Waals surface area contributed by atoms with Crippen molar-refractivity contribution in [1.82, 2.24) is 9.80 Å².